The molecule has 1 N–H and O–H groups in total. The van der Waals surface area contributed by atoms with E-state index in [1.807, 2.05) is 12.1 Å². The first-order valence-corrected chi connectivity index (χ1v) is 12.3. The molecule has 0 radical (unpaired) electrons. The van der Waals surface area contributed by atoms with Gasteiger partial charge < -0.3 is 5.11 Å². The Hall–Kier alpha value is -0.770. The lowest BCUT2D eigenvalue weighted by atomic mass is 9.74. The van der Waals surface area contributed by atoms with Crippen molar-refractivity contribution in [3.05, 3.63) is 51.8 Å². The van der Waals surface area contributed by atoms with Crippen molar-refractivity contribution >= 4 is 37.3 Å². The molecule has 0 amide bonds. The molecule has 2 fully saturated rings. The molecule has 2 aliphatic rings. The fraction of sp³-hybridized carbons (Fsp3) is 0.474. The number of nitrogens with zero attached hydrogens (tertiary/aromatic N) is 2. The largest absolute Gasteiger partial charge is 0.395 e. The summed E-state index contributed by atoms with van der Waals surface area (Å²) in [6.45, 7) is 2.03. The summed E-state index contributed by atoms with van der Waals surface area (Å²) < 4.78 is 29.3. The maximum atomic E-state index is 13.1. The first-order valence-electron chi connectivity index (χ1n) is 9.18. The zero-order valence-electron chi connectivity index (χ0n) is 14.9. The Bertz CT molecular complexity index is 871. The average molecular weight is 471 g/mol. The van der Waals surface area contributed by atoms with Gasteiger partial charge in [0, 0.05) is 35.6 Å². The molecule has 2 saturated heterocycles. The summed E-state index contributed by atoms with van der Waals surface area (Å²) in [6.07, 6.45) is 1.78. The third kappa shape index (κ3) is 3.63. The standard InChI is InChI=1S/C19H23BrN2O3S2/c20-15-7-5-14(6-8-15)19-16-12-21(27(24,25)18-4-3-11-26-18)9-1-2-10-22(16)17(19)13-23/h3-8,11,16-17,19,23H,1-2,9-10,12-13H2/t16-,17-,19+/m1/s1. The molecule has 0 unspecified atom stereocenters. The number of aliphatic hydroxyl groups excluding tert-OH is 1. The van der Waals surface area contributed by atoms with Crippen LogP contribution in [0.2, 0.25) is 0 Å². The van der Waals surface area contributed by atoms with Gasteiger partial charge in [-0.25, -0.2) is 8.42 Å². The van der Waals surface area contributed by atoms with Crippen molar-refractivity contribution in [3.63, 3.8) is 0 Å². The van der Waals surface area contributed by atoms with Crippen LogP contribution < -0.4 is 0 Å². The summed E-state index contributed by atoms with van der Waals surface area (Å²) in [5, 5.41) is 11.8. The van der Waals surface area contributed by atoms with Gasteiger partial charge in [-0.3, -0.25) is 4.90 Å². The number of halogens is 1. The Morgan fingerprint density at radius 3 is 2.56 bits per heavy atom. The van der Waals surface area contributed by atoms with E-state index in [2.05, 4.69) is 33.0 Å². The van der Waals surface area contributed by atoms with E-state index >= 15 is 0 Å². The van der Waals surface area contributed by atoms with E-state index in [-0.39, 0.29) is 24.6 Å². The third-order valence-corrected chi connectivity index (χ3v) is 9.44. The van der Waals surface area contributed by atoms with Crippen LogP contribution in [0.25, 0.3) is 0 Å². The van der Waals surface area contributed by atoms with Crippen LogP contribution >= 0.6 is 27.3 Å². The van der Waals surface area contributed by atoms with Crippen LogP contribution in [-0.4, -0.2) is 61.1 Å². The summed E-state index contributed by atoms with van der Waals surface area (Å²) in [5.41, 5.74) is 1.16. The highest BCUT2D eigenvalue weighted by atomic mass is 79.9. The van der Waals surface area contributed by atoms with E-state index in [9.17, 15) is 13.5 Å². The van der Waals surface area contributed by atoms with Gasteiger partial charge in [-0.15, -0.1) is 11.3 Å². The van der Waals surface area contributed by atoms with Crippen LogP contribution in [0.3, 0.4) is 0 Å². The molecule has 0 saturated carbocycles. The molecular formula is C19H23BrN2O3S2. The lowest BCUT2D eigenvalue weighted by Gasteiger charge is -2.57. The van der Waals surface area contributed by atoms with Gasteiger partial charge in [-0.1, -0.05) is 34.1 Å². The smallest absolute Gasteiger partial charge is 0.252 e. The monoisotopic (exact) mass is 470 g/mol. The Kier molecular flexibility index (Phi) is 5.74. The molecule has 3 heterocycles. The van der Waals surface area contributed by atoms with Crippen molar-refractivity contribution in [2.45, 2.75) is 35.1 Å². The summed E-state index contributed by atoms with van der Waals surface area (Å²) in [4.78, 5) is 2.29. The lowest BCUT2D eigenvalue weighted by molar-refractivity contribution is -0.0553. The van der Waals surface area contributed by atoms with Crippen molar-refractivity contribution in [2.75, 3.05) is 26.2 Å². The maximum absolute atomic E-state index is 13.1. The Labute approximate surface area is 172 Å². The number of hydrogen-bond donors (Lipinski definition) is 1. The molecule has 3 atom stereocenters. The van der Waals surface area contributed by atoms with Crippen molar-refractivity contribution in [3.8, 4) is 0 Å². The molecule has 4 rings (SSSR count). The van der Waals surface area contributed by atoms with E-state index in [1.165, 1.54) is 11.3 Å². The summed E-state index contributed by atoms with van der Waals surface area (Å²) in [6, 6.07) is 11.8. The molecule has 5 nitrogen and oxygen atoms in total. The first kappa shape index (κ1) is 19.5. The van der Waals surface area contributed by atoms with Gasteiger partial charge in [0.25, 0.3) is 10.0 Å². The molecule has 0 spiro atoms. The van der Waals surface area contributed by atoms with Crippen LogP contribution in [-0.2, 0) is 10.0 Å². The van der Waals surface area contributed by atoms with Crippen LogP contribution in [0.4, 0.5) is 0 Å². The zero-order valence-corrected chi connectivity index (χ0v) is 18.1. The summed E-state index contributed by atoms with van der Waals surface area (Å²) >= 11 is 4.74. The highest BCUT2D eigenvalue weighted by Gasteiger charge is 2.50. The van der Waals surface area contributed by atoms with E-state index in [1.54, 1.807) is 21.8 Å². The predicted molar refractivity (Wildman–Crippen MR) is 111 cm³/mol. The van der Waals surface area contributed by atoms with Crippen LogP contribution in [0, 0.1) is 0 Å². The number of thiophene rings is 1. The normalized spacial score (nSPS) is 27.4. The second-order valence-electron chi connectivity index (χ2n) is 7.13. The van der Waals surface area contributed by atoms with Gasteiger partial charge in [0.2, 0.25) is 0 Å². The van der Waals surface area contributed by atoms with Gasteiger partial charge in [0.15, 0.2) is 0 Å². The quantitative estimate of drug-likeness (QED) is 0.745. The van der Waals surface area contributed by atoms with Crippen molar-refractivity contribution in [2.24, 2.45) is 0 Å². The maximum Gasteiger partial charge on any atom is 0.252 e. The number of hydrogen-bond acceptors (Lipinski definition) is 5. The molecule has 1 aromatic carbocycles. The Balaban J connectivity index is 1.63. The molecule has 8 heteroatoms. The van der Waals surface area contributed by atoms with Crippen molar-refractivity contribution < 1.29 is 13.5 Å². The van der Waals surface area contributed by atoms with Gasteiger partial charge in [0.1, 0.15) is 4.21 Å². The number of sulfonamides is 1. The second kappa shape index (κ2) is 7.93. The van der Waals surface area contributed by atoms with Crippen LogP contribution in [0.1, 0.15) is 24.3 Å². The highest BCUT2D eigenvalue weighted by molar-refractivity contribution is 9.10. The third-order valence-electron chi connectivity index (χ3n) is 5.68. The fourth-order valence-electron chi connectivity index (χ4n) is 4.35. The molecule has 27 heavy (non-hydrogen) atoms. The molecule has 2 aromatic rings. The van der Waals surface area contributed by atoms with Crippen molar-refractivity contribution in [1.29, 1.82) is 0 Å². The minimum atomic E-state index is -3.46. The topological polar surface area (TPSA) is 60.9 Å². The van der Waals surface area contributed by atoms with E-state index in [0.29, 0.717) is 17.3 Å². The molecule has 1 aromatic heterocycles. The van der Waals surface area contributed by atoms with E-state index < -0.39 is 10.0 Å². The van der Waals surface area contributed by atoms with Gasteiger partial charge in [0.05, 0.1) is 6.61 Å². The molecule has 2 aliphatic heterocycles. The van der Waals surface area contributed by atoms with E-state index in [0.717, 1.165) is 29.4 Å². The van der Waals surface area contributed by atoms with Crippen LogP contribution in [0.5, 0.6) is 0 Å². The fourth-order valence-corrected chi connectivity index (χ4v) is 7.26. The number of fused-ring (bicyclic) bond motifs is 1. The Morgan fingerprint density at radius 2 is 1.89 bits per heavy atom. The van der Waals surface area contributed by atoms with E-state index in [4.69, 9.17) is 0 Å². The minimum absolute atomic E-state index is 0.0561. The van der Waals surface area contributed by atoms with Crippen LogP contribution in [0.15, 0.2) is 50.5 Å². The molecule has 0 aliphatic carbocycles. The molecule has 0 bridgehead atoms. The summed E-state index contributed by atoms with van der Waals surface area (Å²) in [5.74, 6) is 0.141. The lowest BCUT2D eigenvalue weighted by Crippen LogP contribution is -2.67. The van der Waals surface area contributed by atoms with Gasteiger partial charge in [-0.2, -0.15) is 4.31 Å². The minimum Gasteiger partial charge on any atom is -0.395 e. The molecular weight excluding hydrogens is 448 g/mol. The second-order valence-corrected chi connectivity index (χ2v) is 11.2. The van der Waals surface area contributed by atoms with Gasteiger partial charge >= 0.3 is 0 Å². The number of rotatable bonds is 4. The highest BCUT2D eigenvalue weighted by Crippen LogP contribution is 2.42. The molecule has 146 valence electrons. The SMILES string of the molecule is O=S(=O)(c1cccs1)N1CCCCN2[C@H](CO)[C@@H](c3ccc(Br)cc3)[C@H]2C1. The zero-order chi connectivity index (χ0) is 19.0. The number of benzene rings is 1. The average Bonchev–Trinajstić information content (AvgIpc) is 3.17. The van der Waals surface area contributed by atoms with Gasteiger partial charge in [-0.05, 0) is 48.5 Å². The Morgan fingerprint density at radius 1 is 1.15 bits per heavy atom. The summed E-state index contributed by atoms with van der Waals surface area (Å²) in [7, 11) is -3.46. The number of aliphatic hydroxyl groups is 1. The first-order chi connectivity index (χ1) is 13.0. The van der Waals surface area contributed by atoms with Crippen molar-refractivity contribution in [1.82, 2.24) is 9.21 Å². The predicted octanol–water partition coefficient (Wildman–Crippen LogP) is 3.12.